The van der Waals surface area contributed by atoms with Crippen molar-refractivity contribution in [1.29, 1.82) is 0 Å². The Hall–Kier alpha value is -2.88. The van der Waals surface area contributed by atoms with Crippen LogP contribution < -0.4 is 10.2 Å². The van der Waals surface area contributed by atoms with E-state index in [-0.39, 0.29) is 21.5 Å². The third kappa shape index (κ3) is 4.79. The largest absolute Gasteiger partial charge is 0.573 e. The standard InChI is InChI=1S/C22H23F3N2O4S/c1-5-13-21(2,3)20-19(28)18-16(7-6-8-17(18)32(4,29)30)27(26-20)14-9-11-15(12-10-14)31-22(23,24)25/h6-12H,5,13H2,1-4H3. The second-order valence-corrected chi connectivity index (χ2v) is 10.2. The van der Waals surface area contributed by atoms with Crippen molar-refractivity contribution in [3.63, 3.8) is 0 Å². The van der Waals surface area contributed by atoms with E-state index in [0.717, 1.165) is 24.8 Å². The number of hydrogen-bond donors (Lipinski definition) is 0. The summed E-state index contributed by atoms with van der Waals surface area (Å²) in [6.45, 7) is 5.65. The minimum absolute atomic E-state index is 0.000189. The first kappa shape index (κ1) is 23.8. The smallest absolute Gasteiger partial charge is 0.406 e. The van der Waals surface area contributed by atoms with Crippen molar-refractivity contribution in [2.24, 2.45) is 0 Å². The fourth-order valence-electron chi connectivity index (χ4n) is 3.72. The lowest BCUT2D eigenvalue weighted by Gasteiger charge is -2.25. The molecule has 0 spiro atoms. The zero-order valence-corrected chi connectivity index (χ0v) is 18.8. The number of ether oxygens (including phenoxy) is 1. The number of alkyl halides is 3. The lowest BCUT2D eigenvalue weighted by Crippen LogP contribution is -2.31. The van der Waals surface area contributed by atoms with Gasteiger partial charge in [0.05, 0.1) is 21.5 Å². The fourth-order valence-corrected chi connectivity index (χ4v) is 4.62. The Morgan fingerprint density at radius 1 is 1.06 bits per heavy atom. The van der Waals surface area contributed by atoms with Crippen LogP contribution in [-0.2, 0) is 15.3 Å². The fraction of sp³-hybridized carbons (Fsp3) is 0.364. The van der Waals surface area contributed by atoms with Gasteiger partial charge in [0.15, 0.2) is 9.84 Å². The van der Waals surface area contributed by atoms with Crippen LogP contribution in [0.5, 0.6) is 5.75 Å². The van der Waals surface area contributed by atoms with Gasteiger partial charge in [0, 0.05) is 11.7 Å². The van der Waals surface area contributed by atoms with E-state index in [2.05, 4.69) is 9.84 Å². The lowest BCUT2D eigenvalue weighted by molar-refractivity contribution is -0.274. The number of aromatic nitrogens is 2. The maximum Gasteiger partial charge on any atom is 0.573 e. The average Bonchev–Trinajstić information content (AvgIpc) is 2.66. The molecule has 0 atom stereocenters. The maximum atomic E-state index is 13.4. The molecule has 3 aromatic rings. The molecule has 1 heterocycles. The monoisotopic (exact) mass is 468 g/mol. The van der Waals surface area contributed by atoms with Crippen LogP contribution in [0, 0.1) is 0 Å². The summed E-state index contributed by atoms with van der Waals surface area (Å²) in [5.41, 5.74) is -0.375. The average molecular weight is 468 g/mol. The molecule has 0 amide bonds. The third-order valence-electron chi connectivity index (χ3n) is 5.10. The molecule has 0 fully saturated rings. The van der Waals surface area contributed by atoms with E-state index in [4.69, 9.17) is 0 Å². The highest BCUT2D eigenvalue weighted by molar-refractivity contribution is 7.91. The normalized spacial score (nSPS) is 12.8. The molecule has 172 valence electrons. The van der Waals surface area contributed by atoms with Crippen molar-refractivity contribution in [3.05, 3.63) is 58.4 Å². The van der Waals surface area contributed by atoms with Gasteiger partial charge in [-0.3, -0.25) is 4.79 Å². The highest BCUT2D eigenvalue weighted by Gasteiger charge is 2.31. The molecule has 0 aliphatic rings. The van der Waals surface area contributed by atoms with E-state index in [1.807, 2.05) is 20.8 Å². The van der Waals surface area contributed by atoms with Gasteiger partial charge in [-0.05, 0) is 42.8 Å². The van der Waals surface area contributed by atoms with E-state index < -0.39 is 32.8 Å². The van der Waals surface area contributed by atoms with Crippen molar-refractivity contribution in [1.82, 2.24) is 9.78 Å². The number of hydrogen-bond acceptors (Lipinski definition) is 5. The first-order valence-electron chi connectivity index (χ1n) is 9.87. The molecular formula is C22H23F3N2O4S. The summed E-state index contributed by atoms with van der Waals surface area (Å²) >= 11 is 0. The van der Waals surface area contributed by atoms with Gasteiger partial charge in [-0.1, -0.05) is 33.3 Å². The Bertz CT molecular complexity index is 1310. The van der Waals surface area contributed by atoms with Gasteiger partial charge in [-0.15, -0.1) is 13.2 Å². The summed E-state index contributed by atoms with van der Waals surface area (Å²) in [7, 11) is -3.74. The van der Waals surface area contributed by atoms with E-state index in [1.165, 1.54) is 28.9 Å². The Labute approximate surface area is 183 Å². The first-order valence-corrected chi connectivity index (χ1v) is 11.8. The number of nitrogens with zero attached hydrogens (tertiary/aromatic N) is 2. The summed E-state index contributed by atoms with van der Waals surface area (Å²) in [4.78, 5) is 13.3. The van der Waals surface area contributed by atoms with Crippen molar-refractivity contribution in [2.75, 3.05) is 6.26 Å². The second-order valence-electron chi connectivity index (χ2n) is 8.19. The van der Waals surface area contributed by atoms with Gasteiger partial charge in [-0.25, -0.2) is 13.1 Å². The van der Waals surface area contributed by atoms with Crippen molar-refractivity contribution >= 4 is 20.7 Å². The van der Waals surface area contributed by atoms with E-state index in [0.29, 0.717) is 12.1 Å². The first-order chi connectivity index (χ1) is 14.7. The zero-order valence-electron chi connectivity index (χ0n) is 18.0. The number of sulfone groups is 1. The van der Waals surface area contributed by atoms with Crippen LogP contribution in [0.25, 0.3) is 16.6 Å². The molecule has 0 saturated heterocycles. The topological polar surface area (TPSA) is 78.3 Å². The Morgan fingerprint density at radius 2 is 1.69 bits per heavy atom. The predicted molar refractivity (Wildman–Crippen MR) is 115 cm³/mol. The molecule has 0 saturated carbocycles. The van der Waals surface area contributed by atoms with Crippen LogP contribution in [0.2, 0.25) is 0 Å². The Morgan fingerprint density at radius 3 is 2.22 bits per heavy atom. The summed E-state index contributed by atoms with van der Waals surface area (Å²) < 4.78 is 67.6. The number of benzene rings is 2. The molecule has 0 N–H and O–H groups in total. The lowest BCUT2D eigenvalue weighted by atomic mass is 9.83. The van der Waals surface area contributed by atoms with Gasteiger partial charge in [-0.2, -0.15) is 5.10 Å². The molecule has 3 rings (SSSR count). The Balaban J connectivity index is 2.36. The van der Waals surface area contributed by atoms with Crippen LogP contribution >= 0.6 is 0 Å². The van der Waals surface area contributed by atoms with Gasteiger partial charge in [0.25, 0.3) is 0 Å². The predicted octanol–water partition coefficient (Wildman–Crippen LogP) is 4.77. The highest BCUT2D eigenvalue weighted by Crippen LogP contribution is 2.30. The minimum Gasteiger partial charge on any atom is -0.406 e. The number of halogens is 3. The van der Waals surface area contributed by atoms with E-state index in [9.17, 15) is 26.4 Å². The van der Waals surface area contributed by atoms with E-state index in [1.54, 1.807) is 6.07 Å². The second kappa shape index (κ2) is 8.23. The van der Waals surface area contributed by atoms with Crippen LogP contribution in [0.15, 0.2) is 52.2 Å². The third-order valence-corrected chi connectivity index (χ3v) is 6.24. The molecule has 6 nitrogen and oxygen atoms in total. The molecule has 0 bridgehead atoms. The molecule has 10 heteroatoms. The van der Waals surface area contributed by atoms with Crippen molar-refractivity contribution in [3.8, 4) is 11.4 Å². The number of fused-ring (bicyclic) bond motifs is 1. The van der Waals surface area contributed by atoms with Crippen LogP contribution in [0.3, 0.4) is 0 Å². The van der Waals surface area contributed by atoms with Crippen molar-refractivity contribution < 1.29 is 26.3 Å². The van der Waals surface area contributed by atoms with Crippen LogP contribution in [0.1, 0.15) is 39.3 Å². The maximum absolute atomic E-state index is 13.4. The summed E-state index contributed by atoms with van der Waals surface area (Å²) in [6, 6.07) is 9.39. The minimum atomic E-state index is -4.83. The quantitative estimate of drug-likeness (QED) is 0.521. The molecular weight excluding hydrogens is 445 g/mol. The van der Waals surface area contributed by atoms with Gasteiger partial charge in [0.2, 0.25) is 5.43 Å². The highest BCUT2D eigenvalue weighted by atomic mass is 32.2. The van der Waals surface area contributed by atoms with E-state index >= 15 is 0 Å². The molecule has 0 aliphatic carbocycles. The molecule has 2 aromatic carbocycles. The molecule has 0 aliphatic heterocycles. The summed E-state index contributed by atoms with van der Waals surface area (Å²) in [5, 5.41) is 4.53. The summed E-state index contributed by atoms with van der Waals surface area (Å²) in [6.07, 6.45) is -2.42. The Kier molecular flexibility index (Phi) is 6.12. The number of rotatable bonds is 6. The molecule has 1 aromatic heterocycles. The van der Waals surface area contributed by atoms with Crippen molar-refractivity contribution in [2.45, 2.75) is 50.3 Å². The molecule has 32 heavy (non-hydrogen) atoms. The molecule has 0 unspecified atom stereocenters. The SMILES string of the molecule is CCCC(C)(C)c1nn(-c2ccc(OC(F)(F)F)cc2)c2cccc(S(C)(=O)=O)c2c1=O. The zero-order chi connectivity index (χ0) is 23.9. The van der Waals surface area contributed by atoms with Gasteiger partial charge < -0.3 is 4.74 Å². The van der Waals surface area contributed by atoms with Crippen LogP contribution in [-0.4, -0.2) is 30.8 Å². The van der Waals surface area contributed by atoms with Gasteiger partial charge in [0.1, 0.15) is 11.4 Å². The summed E-state index contributed by atoms with van der Waals surface area (Å²) in [5.74, 6) is -0.407. The van der Waals surface area contributed by atoms with Crippen LogP contribution in [0.4, 0.5) is 13.2 Å². The molecule has 0 radical (unpaired) electrons. The van der Waals surface area contributed by atoms with Gasteiger partial charge >= 0.3 is 6.36 Å².